The summed E-state index contributed by atoms with van der Waals surface area (Å²) < 4.78 is 0. The summed E-state index contributed by atoms with van der Waals surface area (Å²) in [6.45, 7) is 5.46. The second-order valence-electron chi connectivity index (χ2n) is 6.09. The van der Waals surface area contributed by atoms with Crippen LogP contribution in [0.25, 0.3) is 0 Å². The van der Waals surface area contributed by atoms with Crippen LogP contribution in [0.15, 0.2) is 42.5 Å². The molecule has 2 aromatic carbocycles. The molecule has 0 bridgehead atoms. The molecule has 6 nitrogen and oxygen atoms in total. The van der Waals surface area contributed by atoms with Crippen LogP contribution in [0.5, 0.6) is 0 Å². The van der Waals surface area contributed by atoms with Gasteiger partial charge in [-0.15, -0.1) is 0 Å². The number of rotatable bonds is 6. The SMILES string of the molecule is CCC(=O)Nc1cccc(NC(=O)CNC(=O)c2cc(C)cc(C)c2)c1. The van der Waals surface area contributed by atoms with E-state index in [2.05, 4.69) is 16.0 Å². The lowest BCUT2D eigenvalue weighted by atomic mass is 10.1. The van der Waals surface area contributed by atoms with E-state index >= 15 is 0 Å². The van der Waals surface area contributed by atoms with Gasteiger partial charge in [0, 0.05) is 23.4 Å². The Labute approximate surface area is 153 Å². The summed E-state index contributed by atoms with van der Waals surface area (Å²) in [7, 11) is 0. The van der Waals surface area contributed by atoms with E-state index in [1.54, 1.807) is 43.3 Å². The third-order valence-corrected chi connectivity index (χ3v) is 3.64. The van der Waals surface area contributed by atoms with Crippen molar-refractivity contribution in [3.05, 3.63) is 59.2 Å². The molecule has 2 rings (SSSR count). The summed E-state index contributed by atoms with van der Waals surface area (Å²) >= 11 is 0. The van der Waals surface area contributed by atoms with Crippen molar-refractivity contribution < 1.29 is 14.4 Å². The Kier molecular flexibility index (Phi) is 6.49. The van der Waals surface area contributed by atoms with Crippen molar-refractivity contribution in [2.45, 2.75) is 27.2 Å². The summed E-state index contributed by atoms with van der Waals surface area (Å²) in [6.07, 6.45) is 0.376. The number of aryl methyl sites for hydroxylation is 2. The largest absolute Gasteiger partial charge is 0.343 e. The van der Waals surface area contributed by atoms with Crippen LogP contribution >= 0.6 is 0 Å². The lowest BCUT2D eigenvalue weighted by Crippen LogP contribution is -2.32. The summed E-state index contributed by atoms with van der Waals surface area (Å²) in [5.41, 5.74) is 3.66. The number of carbonyl (C=O) groups is 3. The molecule has 0 unspecified atom stereocenters. The average Bonchev–Trinajstić information content (AvgIpc) is 2.59. The third-order valence-electron chi connectivity index (χ3n) is 3.64. The van der Waals surface area contributed by atoms with Crippen LogP contribution in [0.3, 0.4) is 0 Å². The minimum absolute atomic E-state index is 0.103. The molecule has 0 fully saturated rings. The lowest BCUT2D eigenvalue weighted by molar-refractivity contribution is -0.116. The highest BCUT2D eigenvalue weighted by atomic mass is 16.2. The van der Waals surface area contributed by atoms with Crippen molar-refractivity contribution in [3.63, 3.8) is 0 Å². The summed E-state index contributed by atoms with van der Waals surface area (Å²) in [5, 5.41) is 8.03. The van der Waals surface area contributed by atoms with Gasteiger partial charge in [0.05, 0.1) is 6.54 Å². The maximum absolute atomic E-state index is 12.2. The molecule has 0 aliphatic heterocycles. The first kappa shape index (κ1) is 19.2. The molecule has 26 heavy (non-hydrogen) atoms. The van der Waals surface area contributed by atoms with Gasteiger partial charge in [0.1, 0.15) is 0 Å². The minimum atomic E-state index is -0.346. The quantitative estimate of drug-likeness (QED) is 0.746. The second-order valence-corrected chi connectivity index (χ2v) is 6.09. The normalized spacial score (nSPS) is 10.1. The molecule has 0 saturated carbocycles. The predicted molar refractivity (Wildman–Crippen MR) is 102 cm³/mol. The van der Waals surface area contributed by atoms with E-state index in [9.17, 15) is 14.4 Å². The van der Waals surface area contributed by atoms with E-state index in [0.717, 1.165) is 11.1 Å². The van der Waals surface area contributed by atoms with Gasteiger partial charge in [0.25, 0.3) is 5.91 Å². The molecule has 0 radical (unpaired) electrons. The molecule has 0 heterocycles. The van der Waals surface area contributed by atoms with Gasteiger partial charge in [-0.05, 0) is 44.2 Å². The number of carbonyl (C=O) groups excluding carboxylic acids is 3. The fraction of sp³-hybridized carbons (Fsp3) is 0.250. The Hall–Kier alpha value is -3.15. The first-order valence-corrected chi connectivity index (χ1v) is 8.43. The Morgan fingerprint density at radius 3 is 2.00 bits per heavy atom. The summed E-state index contributed by atoms with van der Waals surface area (Å²) in [4.78, 5) is 35.7. The van der Waals surface area contributed by atoms with Crippen molar-refractivity contribution in [2.24, 2.45) is 0 Å². The van der Waals surface area contributed by atoms with Crippen molar-refractivity contribution >= 4 is 29.1 Å². The van der Waals surface area contributed by atoms with Crippen LogP contribution in [-0.2, 0) is 9.59 Å². The van der Waals surface area contributed by atoms with Crippen molar-refractivity contribution in [1.29, 1.82) is 0 Å². The minimum Gasteiger partial charge on any atom is -0.343 e. The topological polar surface area (TPSA) is 87.3 Å². The van der Waals surface area contributed by atoms with Gasteiger partial charge in [-0.2, -0.15) is 0 Å². The highest BCUT2D eigenvalue weighted by Gasteiger charge is 2.09. The molecule has 0 saturated heterocycles. The van der Waals surface area contributed by atoms with Crippen LogP contribution < -0.4 is 16.0 Å². The Bertz CT molecular complexity index is 811. The van der Waals surface area contributed by atoms with E-state index < -0.39 is 0 Å². The molecular formula is C20H23N3O3. The highest BCUT2D eigenvalue weighted by Crippen LogP contribution is 2.15. The van der Waals surface area contributed by atoms with Crippen molar-refractivity contribution in [3.8, 4) is 0 Å². The first-order valence-electron chi connectivity index (χ1n) is 8.43. The van der Waals surface area contributed by atoms with Gasteiger partial charge in [-0.25, -0.2) is 0 Å². The Morgan fingerprint density at radius 2 is 1.42 bits per heavy atom. The Balaban J connectivity index is 1.91. The van der Waals surface area contributed by atoms with E-state index in [0.29, 0.717) is 23.4 Å². The maximum Gasteiger partial charge on any atom is 0.251 e. The molecule has 0 aliphatic rings. The average molecular weight is 353 g/mol. The molecule has 3 N–H and O–H groups in total. The lowest BCUT2D eigenvalue weighted by Gasteiger charge is -2.10. The molecule has 3 amide bonds. The van der Waals surface area contributed by atoms with Gasteiger partial charge >= 0.3 is 0 Å². The zero-order valence-electron chi connectivity index (χ0n) is 15.2. The molecule has 0 spiro atoms. The van der Waals surface area contributed by atoms with E-state index in [1.165, 1.54) is 0 Å². The van der Waals surface area contributed by atoms with Gasteiger partial charge in [0.15, 0.2) is 0 Å². The molecule has 6 heteroatoms. The predicted octanol–water partition coefficient (Wildman–Crippen LogP) is 3.02. The van der Waals surface area contributed by atoms with Crippen molar-refractivity contribution in [1.82, 2.24) is 5.32 Å². The van der Waals surface area contributed by atoms with E-state index in [-0.39, 0.29) is 24.3 Å². The monoisotopic (exact) mass is 353 g/mol. The fourth-order valence-corrected chi connectivity index (χ4v) is 2.50. The van der Waals surface area contributed by atoms with Crippen LogP contribution in [0.2, 0.25) is 0 Å². The van der Waals surface area contributed by atoms with Gasteiger partial charge in [0.2, 0.25) is 11.8 Å². The maximum atomic E-state index is 12.2. The van der Waals surface area contributed by atoms with Crippen molar-refractivity contribution in [2.75, 3.05) is 17.2 Å². The second kappa shape index (κ2) is 8.80. The molecule has 0 atom stereocenters. The zero-order chi connectivity index (χ0) is 19.1. The number of benzene rings is 2. The highest BCUT2D eigenvalue weighted by molar-refractivity contribution is 6.00. The number of hydrogen-bond donors (Lipinski definition) is 3. The standard InChI is InChI=1S/C20H23N3O3/c1-4-18(24)22-16-6-5-7-17(11-16)23-19(25)12-21-20(26)15-9-13(2)8-14(3)10-15/h5-11H,4,12H2,1-3H3,(H,21,26)(H,22,24)(H,23,25). The summed E-state index contributed by atoms with van der Waals surface area (Å²) in [6, 6.07) is 12.4. The van der Waals surface area contributed by atoms with E-state index in [4.69, 9.17) is 0 Å². The smallest absolute Gasteiger partial charge is 0.251 e. The molecule has 136 valence electrons. The van der Waals surface area contributed by atoms with Crippen LogP contribution in [0, 0.1) is 13.8 Å². The van der Waals surface area contributed by atoms with Crippen LogP contribution in [-0.4, -0.2) is 24.3 Å². The fourth-order valence-electron chi connectivity index (χ4n) is 2.50. The van der Waals surface area contributed by atoms with E-state index in [1.807, 2.05) is 19.9 Å². The summed E-state index contributed by atoms with van der Waals surface area (Å²) in [5.74, 6) is -0.744. The first-order chi connectivity index (χ1) is 12.4. The number of nitrogens with one attached hydrogen (secondary N) is 3. The number of anilines is 2. The molecule has 0 aromatic heterocycles. The molecule has 0 aliphatic carbocycles. The molecular weight excluding hydrogens is 330 g/mol. The third kappa shape index (κ3) is 5.73. The zero-order valence-corrected chi connectivity index (χ0v) is 15.2. The van der Waals surface area contributed by atoms with Gasteiger partial charge in [-0.3, -0.25) is 14.4 Å². The molecule has 2 aromatic rings. The van der Waals surface area contributed by atoms with Crippen LogP contribution in [0.4, 0.5) is 11.4 Å². The van der Waals surface area contributed by atoms with Crippen LogP contribution in [0.1, 0.15) is 34.8 Å². The number of amides is 3. The Morgan fingerprint density at radius 1 is 0.846 bits per heavy atom. The number of hydrogen-bond acceptors (Lipinski definition) is 3. The van der Waals surface area contributed by atoms with Gasteiger partial charge in [-0.1, -0.05) is 30.2 Å². The van der Waals surface area contributed by atoms with Gasteiger partial charge < -0.3 is 16.0 Å².